The van der Waals surface area contributed by atoms with Gasteiger partial charge in [0, 0.05) is 11.4 Å². The number of oxazole rings is 1. The maximum atomic E-state index is 5.53. The van der Waals surface area contributed by atoms with E-state index in [9.17, 15) is 0 Å². The van der Waals surface area contributed by atoms with Crippen molar-refractivity contribution in [2.75, 3.05) is 6.54 Å². The van der Waals surface area contributed by atoms with Gasteiger partial charge in [-0.3, -0.25) is 0 Å². The van der Waals surface area contributed by atoms with E-state index in [2.05, 4.69) is 20.9 Å². The van der Waals surface area contributed by atoms with Gasteiger partial charge in [0.1, 0.15) is 5.52 Å². The first-order chi connectivity index (χ1) is 6.70. The van der Waals surface area contributed by atoms with Crippen molar-refractivity contribution in [1.82, 2.24) is 4.98 Å². The predicted octanol–water partition coefficient (Wildman–Crippen LogP) is 2.40. The highest BCUT2D eigenvalue weighted by Crippen LogP contribution is 2.25. The minimum absolute atomic E-state index is 0.616. The van der Waals surface area contributed by atoms with E-state index in [1.165, 1.54) is 0 Å². The summed E-state index contributed by atoms with van der Waals surface area (Å²) >= 11 is 3.44. The zero-order chi connectivity index (χ0) is 10.1. The van der Waals surface area contributed by atoms with E-state index < -0.39 is 0 Å². The van der Waals surface area contributed by atoms with Gasteiger partial charge in [0.05, 0.1) is 0 Å². The predicted molar refractivity (Wildman–Crippen MR) is 59.2 cm³/mol. The summed E-state index contributed by atoms with van der Waals surface area (Å²) in [7, 11) is 0. The lowest BCUT2D eigenvalue weighted by molar-refractivity contribution is 0.557. The molecule has 1 heterocycles. The van der Waals surface area contributed by atoms with Crippen molar-refractivity contribution in [3.63, 3.8) is 0 Å². The van der Waals surface area contributed by atoms with E-state index in [4.69, 9.17) is 10.2 Å². The molecule has 0 spiro atoms. The maximum Gasteiger partial charge on any atom is 0.192 e. The number of nitrogens with zero attached hydrogens (tertiary/aromatic N) is 1. The van der Waals surface area contributed by atoms with Crippen LogP contribution < -0.4 is 5.73 Å². The molecular weight excluding hydrogens is 244 g/mol. The molecule has 0 fully saturated rings. The third-order valence-electron chi connectivity index (χ3n) is 2.05. The van der Waals surface area contributed by atoms with E-state index >= 15 is 0 Å². The Morgan fingerprint density at radius 1 is 1.50 bits per heavy atom. The minimum Gasteiger partial charge on any atom is -0.441 e. The van der Waals surface area contributed by atoms with Crippen LogP contribution in [0.1, 0.15) is 11.5 Å². The van der Waals surface area contributed by atoms with Crippen molar-refractivity contribution in [2.24, 2.45) is 5.73 Å². The van der Waals surface area contributed by atoms with Crippen LogP contribution >= 0.6 is 15.9 Å². The van der Waals surface area contributed by atoms with Gasteiger partial charge < -0.3 is 10.2 Å². The van der Waals surface area contributed by atoms with Crippen molar-refractivity contribution < 1.29 is 4.42 Å². The van der Waals surface area contributed by atoms with Crippen LogP contribution in [0.3, 0.4) is 0 Å². The first-order valence-corrected chi connectivity index (χ1v) is 5.25. The van der Waals surface area contributed by atoms with Gasteiger partial charge in [-0.05, 0) is 30.7 Å². The molecule has 0 radical (unpaired) electrons. The van der Waals surface area contributed by atoms with Crippen molar-refractivity contribution in [3.8, 4) is 0 Å². The topological polar surface area (TPSA) is 52.0 Å². The number of aryl methyl sites for hydroxylation is 1. The average molecular weight is 255 g/mol. The number of rotatable bonds is 2. The normalized spacial score (nSPS) is 11.1. The number of benzene rings is 1. The highest BCUT2D eigenvalue weighted by molar-refractivity contribution is 9.10. The van der Waals surface area contributed by atoms with Crippen molar-refractivity contribution in [2.45, 2.75) is 13.3 Å². The van der Waals surface area contributed by atoms with Crippen LogP contribution in [0.25, 0.3) is 11.1 Å². The lowest BCUT2D eigenvalue weighted by atomic mass is 10.1. The fraction of sp³-hybridized carbons (Fsp3) is 0.300. The standard InChI is InChI=1S/C10H11BrN2O/c1-6-13-9-5-8(11)4-7(2-3-12)10(9)14-6/h4-5H,2-3,12H2,1H3. The van der Waals surface area contributed by atoms with Gasteiger partial charge in [0.15, 0.2) is 11.5 Å². The van der Waals surface area contributed by atoms with E-state index in [0.717, 1.165) is 27.6 Å². The molecule has 1 aromatic carbocycles. The quantitative estimate of drug-likeness (QED) is 0.896. The number of fused-ring (bicyclic) bond motifs is 1. The minimum atomic E-state index is 0.616. The summed E-state index contributed by atoms with van der Waals surface area (Å²) in [4.78, 5) is 4.28. The smallest absolute Gasteiger partial charge is 0.192 e. The molecule has 0 bridgehead atoms. The summed E-state index contributed by atoms with van der Waals surface area (Å²) in [5.74, 6) is 0.691. The van der Waals surface area contributed by atoms with E-state index in [0.29, 0.717) is 12.4 Å². The maximum absolute atomic E-state index is 5.53. The number of hydrogen-bond acceptors (Lipinski definition) is 3. The van der Waals surface area contributed by atoms with Gasteiger partial charge in [0.2, 0.25) is 0 Å². The summed E-state index contributed by atoms with van der Waals surface area (Å²) in [6.45, 7) is 2.46. The lowest BCUT2D eigenvalue weighted by Gasteiger charge is -1.99. The molecule has 3 nitrogen and oxygen atoms in total. The van der Waals surface area contributed by atoms with Crippen LogP contribution in [0, 0.1) is 6.92 Å². The third-order valence-corrected chi connectivity index (χ3v) is 2.51. The van der Waals surface area contributed by atoms with Crippen molar-refractivity contribution in [3.05, 3.63) is 28.1 Å². The molecule has 1 aromatic heterocycles. The lowest BCUT2D eigenvalue weighted by Crippen LogP contribution is -2.02. The van der Waals surface area contributed by atoms with Gasteiger partial charge >= 0.3 is 0 Å². The molecule has 0 saturated heterocycles. The Labute approximate surface area is 90.4 Å². The molecule has 0 aliphatic carbocycles. The third kappa shape index (κ3) is 1.67. The number of halogens is 1. The average Bonchev–Trinajstić information content (AvgIpc) is 2.45. The summed E-state index contributed by atoms with van der Waals surface area (Å²) < 4.78 is 6.53. The molecule has 0 amide bonds. The zero-order valence-electron chi connectivity index (χ0n) is 7.88. The molecule has 14 heavy (non-hydrogen) atoms. The summed E-state index contributed by atoms with van der Waals surface area (Å²) in [6.07, 6.45) is 0.810. The SMILES string of the molecule is Cc1nc2cc(Br)cc(CCN)c2o1. The fourth-order valence-electron chi connectivity index (χ4n) is 1.52. The number of aromatic nitrogens is 1. The monoisotopic (exact) mass is 254 g/mol. The molecule has 0 unspecified atom stereocenters. The van der Waals surface area contributed by atoms with Crippen molar-refractivity contribution >= 4 is 27.0 Å². The molecule has 2 N–H and O–H groups in total. The highest BCUT2D eigenvalue weighted by Gasteiger charge is 2.08. The van der Waals surface area contributed by atoms with Crippen LogP contribution in [0.15, 0.2) is 21.0 Å². The van der Waals surface area contributed by atoms with Crippen LogP contribution in [0.2, 0.25) is 0 Å². The summed E-state index contributed by atoms with van der Waals surface area (Å²) in [5, 5.41) is 0. The van der Waals surface area contributed by atoms with Gasteiger partial charge in [-0.1, -0.05) is 15.9 Å². The zero-order valence-corrected chi connectivity index (χ0v) is 9.47. The largest absolute Gasteiger partial charge is 0.441 e. The molecule has 0 atom stereocenters. The van der Waals surface area contributed by atoms with Crippen LogP contribution in [0.4, 0.5) is 0 Å². The molecule has 4 heteroatoms. The second kappa shape index (κ2) is 3.71. The van der Waals surface area contributed by atoms with E-state index in [1.807, 2.05) is 19.1 Å². The van der Waals surface area contributed by atoms with Crippen LogP contribution in [-0.2, 0) is 6.42 Å². The number of hydrogen-bond donors (Lipinski definition) is 1. The molecule has 2 rings (SSSR count). The van der Waals surface area contributed by atoms with E-state index in [1.54, 1.807) is 0 Å². The van der Waals surface area contributed by atoms with Gasteiger partial charge in [-0.25, -0.2) is 4.98 Å². The first kappa shape index (κ1) is 9.68. The van der Waals surface area contributed by atoms with Crippen LogP contribution in [0.5, 0.6) is 0 Å². The summed E-state index contributed by atoms with van der Waals surface area (Å²) in [6, 6.07) is 3.98. The fourth-order valence-corrected chi connectivity index (χ4v) is 2.01. The highest BCUT2D eigenvalue weighted by atomic mass is 79.9. The van der Waals surface area contributed by atoms with Crippen LogP contribution in [-0.4, -0.2) is 11.5 Å². The van der Waals surface area contributed by atoms with Gasteiger partial charge in [-0.2, -0.15) is 0 Å². The molecule has 0 saturated carbocycles. The molecule has 0 aliphatic heterocycles. The Hall–Kier alpha value is -0.870. The second-order valence-corrected chi connectivity index (χ2v) is 4.10. The van der Waals surface area contributed by atoms with Crippen molar-refractivity contribution in [1.29, 1.82) is 0 Å². The number of nitrogens with two attached hydrogens (primary N) is 1. The van der Waals surface area contributed by atoms with Gasteiger partial charge in [-0.15, -0.1) is 0 Å². The van der Waals surface area contributed by atoms with E-state index in [-0.39, 0.29) is 0 Å². The molecule has 2 aromatic rings. The molecule has 74 valence electrons. The summed E-state index contributed by atoms with van der Waals surface area (Å²) in [5.41, 5.74) is 8.39. The molecular formula is C10H11BrN2O. The molecule has 0 aliphatic rings. The first-order valence-electron chi connectivity index (χ1n) is 4.46. The Kier molecular flexibility index (Phi) is 2.56. The Morgan fingerprint density at radius 3 is 3.00 bits per heavy atom. The Morgan fingerprint density at radius 2 is 2.29 bits per heavy atom. The Balaban J connectivity index is 2.66. The second-order valence-electron chi connectivity index (χ2n) is 3.18. The Bertz CT molecular complexity index is 464. The van der Waals surface area contributed by atoms with Gasteiger partial charge in [0.25, 0.3) is 0 Å².